The highest BCUT2D eigenvalue weighted by atomic mass is 32.2. The predicted molar refractivity (Wildman–Crippen MR) is 99.4 cm³/mol. The Morgan fingerprint density at radius 3 is 2.33 bits per heavy atom. The number of benzene rings is 1. The minimum absolute atomic E-state index is 0.0936. The fourth-order valence-electron chi connectivity index (χ4n) is 2.62. The van der Waals surface area contributed by atoms with Gasteiger partial charge in [0, 0.05) is 19.8 Å². The largest absolute Gasteiger partial charge is 0.326 e. The Labute approximate surface area is 158 Å². The maximum absolute atomic E-state index is 12.2. The lowest BCUT2D eigenvalue weighted by Gasteiger charge is -2.14. The standard InChI is InChI=1S/C17H24N4O5S/c1-11(2)9-14-16(23)21(17(24)19-14)10-15(22)18-12-5-7-13(8-6-12)27(25,26)20(3)4/h5-8,11,14H,9-10H2,1-4H3,(H,18,22)(H,19,24). The van der Waals surface area contributed by atoms with Crippen LogP contribution >= 0.6 is 0 Å². The van der Waals surface area contributed by atoms with Gasteiger partial charge in [0.2, 0.25) is 15.9 Å². The van der Waals surface area contributed by atoms with E-state index < -0.39 is 40.5 Å². The Morgan fingerprint density at radius 2 is 1.81 bits per heavy atom. The van der Waals surface area contributed by atoms with E-state index in [0.717, 1.165) is 9.21 Å². The summed E-state index contributed by atoms with van der Waals surface area (Å²) >= 11 is 0. The first-order chi connectivity index (χ1) is 12.5. The SMILES string of the molecule is CC(C)CC1NC(=O)N(CC(=O)Nc2ccc(S(=O)(=O)N(C)C)cc2)C1=O. The van der Waals surface area contributed by atoms with Crippen molar-refractivity contribution in [3.05, 3.63) is 24.3 Å². The van der Waals surface area contributed by atoms with Crippen molar-refractivity contribution in [1.82, 2.24) is 14.5 Å². The number of rotatable bonds is 7. The van der Waals surface area contributed by atoms with Gasteiger partial charge in [-0.05, 0) is 36.6 Å². The first-order valence-corrected chi connectivity index (χ1v) is 9.90. The summed E-state index contributed by atoms with van der Waals surface area (Å²) in [7, 11) is -0.704. The van der Waals surface area contributed by atoms with E-state index in [2.05, 4.69) is 10.6 Å². The predicted octanol–water partition coefficient (Wildman–Crippen LogP) is 0.842. The van der Waals surface area contributed by atoms with Gasteiger partial charge in [-0.25, -0.2) is 17.5 Å². The number of hydrogen-bond donors (Lipinski definition) is 2. The zero-order valence-corrected chi connectivity index (χ0v) is 16.5. The van der Waals surface area contributed by atoms with Crippen LogP contribution in [0.15, 0.2) is 29.2 Å². The second-order valence-corrected chi connectivity index (χ2v) is 9.07. The molecule has 27 heavy (non-hydrogen) atoms. The Hall–Kier alpha value is -2.46. The lowest BCUT2D eigenvalue weighted by Crippen LogP contribution is -2.38. The topological polar surface area (TPSA) is 116 Å². The van der Waals surface area contributed by atoms with Crippen molar-refractivity contribution < 1.29 is 22.8 Å². The highest BCUT2D eigenvalue weighted by molar-refractivity contribution is 7.89. The molecule has 1 atom stereocenters. The third-order valence-corrected chi connectivity index (χ3v) is 5.86. The van der Waals surface area contributed by atoms with E-state index in [4.69, 9.17) is 0 Å². The second-order valence-electron chi connectivity index (χ2n) is 6.92. The molecule has 2 N–H and O–H groups in total. The van der Waals surface area contributed by atoms with Crippen molar-refractivity contribution in [2.45, 2.75) is 31.2 Å². The van der Waals surface area contributed by atoms with Gasteiger partial charge in [0.1, 0.15) is 12.6 Å². The Morgan fingerprint density at radius 1 is 1.22 bits per heavy atom. The number of anilines is 1. The van der Waals surface area contributed by atoms with E-state index in [1.165, 1.54) is 38.4 Å². The summed E-state index contributed by atoms with van der Waals surface area (Å²) in [6.45, 7) is 3.47. The quantitative estimate of drug-likeness (QED) is 0.663. The van der Waals surface area contributed by atoms with Crippen LogP contribution in [0.4, 0.5) is 10.5 Å². The van der Waals surface area contributed by atoms with Crippen molar-refractivity contribution in [2.24, 2.45) is 5.92 Å². The first kappa shape index (κ1) is 20.8. The summed E-state index contributed by atoms with van der Waals surface area (Å²) in [6.07, 6.45) is 0.504. The molecule has 9 nitrogen and oxygen atoms in total. The summed E-state index contributed by atoms with van der Waals surface area (Å²) in [5, 5.41) is 5.13. The Kier molecular flexibility index (Phi) is 6.22. The molecule has 148 valence electrons. The summed E-state index contributed by atoms with van der Waals surface area (Å²) in [6, 6.07) is 4.44. The van der Waals surface area contributed by atoms with Crippen LogP contribution in [0.1, 0.15) is 20.3 Å². The maximum Gasteiger partial charge on any atom is 0.325 e. The fraction of sp³-hybridized carbons (Fsp3) is 0.471. The van der Waals surface area contributed by atoms with Crippen molar-refractivity contribution in [3.8, 4) is 0 Å². The number of carbonyl (C=O) groups is 3. The molecule has 1 unspecified atom stereocenters. The minimum Gasteiger partial charge on any atom is -0.326 e. The minimum atomic E-state index is -3.56. The number of nitrogens with one attached hydrogen (secondary N) is 2. The molecule has 0 aliphatic carbocycles. The van der Waals surface area contributed by atoms with Gasteiger partial charge in [-0.15, -0.1) is 0 Å². The number of amides is 4. The molecule has 1 heterocycles. The average Bonchev–Trinajstić information content (AvgIpc) is 2.82. The molecule has 0 aromatic heterocycles. The van der Waals surface area contributed by atoms with Gasteiger partial charge in [0.15, 0.2) is 0 Å². The summed E-state index contributed by atoms with van der Waals surface area (Å²) < 4.78 is 25.1. The fourth-order valence-corrected chi connectivity index (χ4v) is 3.52. The maximum atomic E-state index is 12.2. The van der Waals surface area contributed by atoms with E-state index in [-0.39, 0.29) is 10.8 Å². The molecule has 1 saturated heterocycles. The van der Waals surface area contributed by atoms with E-state index in [1.807, 2.05) is 13.8 Å². The molecule has 4 amide bonds. The van der Waals surface area contributed by atoms with Gasteiger partial charge in [-0.1, -0.05) is 13.8 Å². The van der Waals surface area contributed by atoms with Crippen LogP contribution in [-0.4, -0.2) is 62.2 Å². The molecule has 10 heteroatoms. The summed E-state index contributed by atoms with van der Waals surface area (Å²) in [5.41, 5.74) is 0.364. The van der Waals surface area contributed by atoms with Crippen molar-refractivity contribution in [2.75, 3.05) is 26.0 Å². The van der Waals surface area contributed by atoms with Gasteiger partial charge < -0.3 is 10.6 Å². The van der Waals surface area contributed by atoms with Crippen molar-refractivity contribution in [3.63, 3.8) is 0 Å². The number of imide groups is 1. The molecule has 0 bridgehead atoms. The number of nitrogens with zero attached hydrogens (tertiary/aromatic N) is 2. The summed E-state index contributed by atoms with van der Waals surface area (Å²) in [4.78, 5) is 37.3. The van der Waals surface area contributed by atoms with Gasteiger partial charge in [-0.3, -0.25) is 14.5 Å². The molecule has 1 aliphatic rings. The number of sulfonamides is 1. The van der Waals surface area contributed by atoms with Crippen LogP contribution in [0.2, 0.25) is 0 Å². The number of hydrogen-bond acceptors (Lipinski definition) is 5. The van der Waals surface area contributed by atoms with Gasteiger partial charge in [-0.2, -0.15) is 0 Å². The van der Waals surface area contributed by atoms with Crippen LogP contribution in [0, 0.1) is 5.92 Å². The van der Waals surface area contributed by atoms with Crippen molar-refractivity contribution >= 4 is 33.6 Å². The summed E-state index contributed by atoms with van der Waals surface area (Å²) in [5.74, 6) is -0.742. The van der Waals surface area contributed by atoms with Gasteiger partial charge in [0.25, 0.3) is 5.91 Å². The van der Waals surface area contributed by atoms with Crippen LogP contribution < -0.4 is 10.6 Å². The molecular formula is C17H24N4O5S. The lowest BCUT2D eigenvalue weighted by molar-refractivity contribution is -0.131. The highest BCUT2D eigenvalue weighted by Crippen LogP contribution is 2.17. The average molecular weight is 396 g/mol. The Bertz CT molecular complexity index is 833. The van der Waals surface area contributed by atoms with E-state index in [1.54, 1.807) is 0 Å². The molecular weight excluding hydrogens is 372 g/mol. The molecule has 0 saturated carbocycles. The highest BCUT2D eigenvalue weighted by Gasteiger charge is 2.38. The smallest absolute Gasteiger partial charge is 0.325 e. The van der Waals surface area contributed by atoms with Crippen LogP contribution in [0.25, 0.3) is 0 Å². The third kappa shape index (κ3) is 4.83. The van der Waals surface area contributed by atoms with E-state index >= 15 is 0 Å². The second kappa shape index (κ2) is 8.05. The molecule has 1 aromatic carbocycles. The van der Waals surface area contributed by atoms with Gasteiger partial charge in [0.05, 0.1) is 4.90 Å². The molecule has 2 rings (SSSR count). The Balaban J connectivity index is 2.00. The molecule has 0 spiro atoms. The van der Waals surface area contributed by atoms with Crippen molar-refractivity contribution in [1.29, 1.82) is 0 Å². The normalized spacial score (nSPS) is 17.6. The number of carbonyl (C=O) groups excluding carboxylic acids is 3. The molecule has 0 radical (unpaired) electrons. The zero-order chi connectivity index (χ0) is 20.4. The number of urea groups is 1. The van der Waals surface area contributed by atoms with E-state index in [0.29, 0.717) is 12.1 Å². The lowest BCUT2D eigenvalue weighted by atomic mass is 10.0. The monoisotopic (exact) mass is 396 g/mol. The zero-order valence-electron chi connectivity index (χ0n) is 15.7. The molecule has 1 aliphatic heterocycles. The van der Waals surface area contributed by atoms with Crippen LogP contribution in [0.5, 0.6) is 0 Å². The molecule has 1 fully saturated rings. The van der Waals surface area contributed by atoms with Crippen LogP contribution in [-0.2, 0) is 19.6 Å². The third-order valence-electron chi connectivity index (χ3n) is 4.03. The first-order valence-electron chi connectivity index (χ1n) is 8.46. The van der Waals surface area contributed by atoms with Crippen LogP contribution in [0.3, 0.4) is 0 Å². The molecule has 1 aromatic rings. The van der Waals surface area contributed by atoms with E-state index in [9.17, 15) is 22.8 Å². The van der Waals surface area contributed by atoms with Gasteiger partial charge >= 0.3 is 6.03 Å².